The number of halogens is 3. The van der Waals surface area contributed by atoms with Gasteiger partial charge in [0.25, 0.3) is 0 Å². The molecule has 0 spiro atoms. The van der Waals surface area contributed by atoms with Crippen LogP contribution in [0, 0.1) is 5.92 Å². The van der Waals surface area contributed by atoms with E-state index in [1.165, 1.54) is 12.1 Å². The zero-order valence-electron chi connectivity index (χ0n) is 13.1. The Morgan fingerprint density at radius 3 is 2.50 bits per heavy atom. The number of benzene rings is 1. The first-order valence-electron chi connectivity index (χ1n) is 7.99. The number of pyridine rings is 1. The molecule has 1 saturated heterocycles. The van der Waals surface area contributed by atoms with E-state index in [2.05, 4.69) is 10.3 Å². The summed E-state index contributed by atoms with van der Waals surface area (Å²) < 4.78 is 45.6. The molecule has 1 aromatic heterocycles. The molecule has 24 heavy (non-hydrogen) atoms. The molecule has 1 aromatic carbocycles. The molecule has 1 atom stereocenters. The monoisotopic (exact) mass is 336 g/mol. The SMILES string of the molecule is FC(F)(F)c1ccccc1OC(c1cccnc1)C1CCNCC1. The first-order valence-corrected chi connectivity index (χ1v) is 7.99. The Morgan fingerprint density at radius 1 is 1.08 bits per heavy atom. The lowest BCUT2D eigenvalue weighted by Gasteiger charge is -2.32. The highest BCUT2D eigenvalue weighted by Crippen LogP contribution is 2.40. The quantitative estimate of drug-likeness (QED) is 0.908. The van der Waals surface area contributed by atoms with Gasteiger partial charge < -0.3 is 10.1 Å². The molecule has 0 radical (unpaired) electrons. The van der Waals surface area contributed by atoms with E-state index in [-0.39, 0.29) is 11.7 Å². The number of rotatable bonds is 4. The third kappa shape index (κ3) is 3.87. The molecular weight excluding hydrogens is 317 g/mol. The highest BCUT2D eigenvalue weighted by Gasteiger charge is 2.36. The summed E-state index contributed by atoms with van der Waals surface area (Å²) in [6.07, 6.45) is 0.144. The predicted molar refractivity (Wildman–Crippen MR) is 84.6 cm³/mol. The molecule has 0 aliphatic carbocycles. The Hall–Kier alpha value is -2.08. The molecule has 1 N–H and O–H groups in total. The van der Waals surface area contributed by atoms with Crippen molar-refractivity contribution in [3.8, 4) is 5.75 Å². The zero-order chi connectivity index (χ0) is 17.0. The largest absolute Gasteiger partial charge is 0.485 e. The number of ether oxygens (including phenoxy) is 1. The minimum atomic E-state index is -4.44. The van der Waals surface area contributed by atoms with E-state index in [0.29, 0.717) is 0 Å². The van der Waals surface area contributed by atoms with Crippen molar-refractivity contribution in [1.82, 2.24) is 10.3 Å². The molecule has 0 amide bonds. The number of nitrogens with one attached hydrogen (secondary N) is 1. The van der Waals surface area contributed by atoms with Crippen LogP contribution in [0.1, 0.15) is 30.1 Å². The lowest BCUT2D eigenvalue weighted by atomic mass is 9.88. The lowest BCUT2D eigenvalue weighted by Crippen LogP contribution is -2.33. The second-order valence-electron chi connectivity index (χ2n) is 5.91. The third-order valence-electron chi connectivity index (χ3n) is 4.27. The lowest BCUT2D eigenvalue weighted by molar-refractivity contribution is -0.139. The number of alkyl halides is 3. The van der Waals surface area contributed by atoms with Gasteiger partial charge in [0.1, 0.15) is 11.9 Å². The molecule has 2 heterocycles. The van der Waals surface area contributed by atoms with E-state index in [1.54, 1.807) is 24.5 Å². The first-order chi connectivity index (χ1) is 11.6. The summed E-state index contributed by atoms with van der Waals surface area (Å²) in [4.78, 5) is 4.10. The summed E-state index contributed by atoms with van der Waals surface area (Å²) in [5.41, 5.74) is 0.0641. The normalized spacial score (nSPS) is 17.5. The second kappa shape index (κ2) is 7.21. The van der Waals surface area contributed by atoms with E-state index < -0.39 is 17.8 Å². The van der Waals surface area contributed by atoms with Gasteiger partial charge in [0.15, 0.2) is 0 Å². The van der Waals surface area contributed by atoms with Gasteiger partial charge >= 0.3 is 6.18 Å². The van der Waals surface area contributed by atoms with E-state index in [1.807, 2.05) is 6.07 Å². The van der Waals surface area contributed by atoms with Crippen LogP contribution in [0.5, 0.6) is 5.75 Å². The predicted octanol–water partition coefficient (Wildman–Crippen LogP) is 4.22. The fourth-order valence-electron chi connectivity index (χ4n) is 3.07. The summed E-state index contributed by atoms with van der Waals surface area (Å²) >= 11 is 0. The Labute approximate surface area is 138 Å². The Kier molecular flexibility index (Phi) is 5.04. The van der Waals surface area contributed by atoms with Gasteiger partial charge in [0, 0.05) is 23.9 Å². The van der Waals surface area contributed by atoms with Gasteiger partial charge in [-0.3, -0.25) is 4.98 Å². The van der Waals surface area contributed by atoms with Crippen LogP contribution < -0.4 is 10.1 Å². The van der Waals surface area contributed by atoms with E-state index in [0.717, 1.165) is 37.6 Å². The third-order valence-corrected chi connectivity index (χ3v) is 4.27. The maximum atomic E-state index is 13.2. The molecule has 0 bridgehead atoms. The molecule has 1 unspecified atom stereocenters. The van der Waals surface area contributed by atoms with Gasteiger partial charge in [-0.15, -0.1) is 0 Å². The second-order valence-corrected chi connectivity index (χ2v) is 5.91. The van der Waals surface area contributed by atoms with E-state index >= 15 is 0 Å². The molecule has 128 valence electrons. The van der Waals surface area contributed by atoms with Gasteiger partial charge in [-0.2, -0.15) is 13.2 Å². The van der Waals surface area contributed by atoms with Crippen molar-refractivity contribution in [1.29, 1.82) is 0 Å². The highest BCUT2D eigenvalue weighted by atomic mass is 19.4. The molecule has 0 saturated carbocycles. The van der Waals surface area contributed by atoms with Crippen LogP contribution in [0.25, 0.3) is 0 Å². The van der Waals surface area contributed by atoms with E-state index in [4.69, 9.17) is 4.74 Å². The van der Waals surface area contributed by atoms with Crippen LogP contribution in [-0.4, -0.2) is 18.1 Å². The van der Waals surface area contributed by atoms with Gasteiger partial charge in [0.05, 0.1) is 5.56 Å². The van der Waals surface area contributed by atoms with E-state index in [9.17, 15) is 13.2 Å². The van der Waals surface area contributed by atoms with Crippen LogP contribution in [0.15, 0.2) is 48.8 Å². The van der Waals surface area contributed by atoms with Crippen LogP contribution in [0.3, 0.4) is 0 Å². The van der Waals surface area contributed by atoms with Crippen LogP contribution in [-0.2, 0) is 6.18 Å². The maximum absolute atomic E-state index is 13.2. The summed E-state index contributed by atoms with van der Waals surface area (Å²) in [6, 6.07) is 9.01. The first kappa shape index (κ1) is 16.8. The van der Waals surface area contributed by atoms with Crippen molar-refractivity contribution in [3.05, 3.63) is 59.9 Å². The molecule has 1 fully saturated rings. The van der Waals surface area contributed by atoms with Gasteiger partial charge in [-0.05, 0) is 44.1 Å². The van der Waals surface area contributed by atoms with Gasteiger partial charge in [-0.1, -0.05) is 18.2 Å². The number of hydrogen-bond acceptors (Lipinski definition) is 3. The summed E-state index contributed by atoms with van der Waals surface area (Å²) in [6.45, 7) is 1.68. The van der Waals surface area contributed by atoms with Crippen LogP contribution in [0.4, 0.5) is 13.2 Å². The van der Waals surface area contributed by atoms with Crippen molar-refractivity contribution in [2.45, 2.75) is 25.1 Å². The Morgan fingerprint density at radius 2 is 1.83 bits per heavy atom. The average molecular weight is 336 g/mol. The topological polar surface area (TPSA) is 34.1 Å². The van der Waals surface area contributed by atoms with Crippen LogP contribution >= 0.6 is 0 Å². The average Bonchev–Trinajstić information content (AvgIpc) is 2.61. The summed E-state index contributed by atoms with van der Waals surface area (Å²) in [5, 5.41) is 3.27. The summed E-state index contributed by atoms with van der Waals surface area (Å²) in [7, 11) is 0. The zero-order valence-corrected chi connectivity index (χ0v) is 13.1. The van der Waals surface area contributed by atoms with Crippen molar-refractivity contribution >= 4 is 0 Å². The number of piperidine rings is 1. The van der Waals surface area contributed by atoms with Crippen LogP contribution in [0.2, 0.25) is 0 Å². The van der Waals surface area contributed by atoms with Crippen molar-refractivity contribution < 1.29 is 17.9 Å². The highest BCUT2D eigenvalue weighted by molar-refractivity contribution is 5.36. The van der Waals surface area contributed by atoms with Crippen molar-refractivity contribution in [2.24, 2.45) is 5.92 Å². The number of nitrogens with zero attached hydrogens (tertiary/aromatic N) is 1. The number of hydrogen-bond donors (Lipinski definition) is 1. The maximum Gasteiger partial charge on any atom is 0.419 e. The fourth-order valence-corrected chi connectivity index (χ4v) is 3.07. The smallest absolute Gasteiger partial charge is 0.419 e. The molecule has 1 aliphatic heterocycles. The van der Waals surface area contributed by atoms with Gasteiger partial charge in [0.2, 0.25) is 0 Å². The Balaban J connectivity index is 1.93. The van der Waals surface area contributed by atoms with Gasteiger partial charge in [-0.25, -0.2) is 0 Å². The van der Waals surface area contributed by atoms with Crippen molar-refractivity contribution in [2.75, 3.05) is 13.1 Å². The fraction of sp³-hybridized carbons (Fsp3) is 0.389. The number of aromatic nitrogens is 1. The van der Waals surface area contributed by atoms with Crippen molar-refractivity contribution in [3.63, 3.8) is 0 Å². The molecule has 3 rings (SSSR count). The minimum absolute atomic E-state index is 0.127. The molecule has 2 aromatic rings. The molecular formula is C18H19F3N2O. The molecule has 1 aliphatic rings. The molecule has 3 nitrogen and oxygen atoms in total. The Bertz CT molecular complexity index is 655. The summed E-state index contributed by atoms with van der Waals surface area (Å²) in [5.74, 6) is 0.0223. The molecule has 6 heteroatoms. The number of para-hydroxylation sites is 1. The minimum Gasteiger partial charge on any atom is -0.485 e. The standard InChI is InChI=1S/C18H19F3N2O/c19-18(20,21)15-5-1-2-6-16(15)24-17(13-7-10-22-11-8-13)14-4-3-9-23-12-14/h1-6,9,12-13,17,22H,7-8,10-11H2.